The molecule has 2 N–H and O–H groups in total. The molecule has 1 aromatic carbocycles. The SMILES string of the molecule is C[C@H](NC(=O)NCC[S@@](C)=O)c1ccc(Br)cc1. The minimum Gasteiger partial charge on any atom is -0.337 e. The second kappa shape index (κ2) is 7.53. The highest BCUT2D eigenvalue weighted by Crippen LogP contribution is 2.16. The lowest BCUT2D eigenvalue weighted by atomic mass is 10.1. The van der Waals surface area contributed by atoms with E-state index in [9.17, 15) is 9.00 Å². The molecule has 0 unspecified atom stereocenters. The zero-order valence-electron chi connectivity index (χ0n) is 10.4. The van der Waals surface area contributed by atoms with Gasteiger partial charge in [-0.3, -0.25) is 4.21 Å². The molecule has 0 aromatic heterocycles. The Balaban J connectivity index is 2.39. The molecule has 0 bridgehead atoms. The molecule has 0 aliphatic carbocycles. The molecule has 100 valence electrons. The highest BCUT2D eigenvalue weighted by Gasteiger charge is 2.08. The van der Waals surface area contributed by atoms with Crippen LogP contribution in [0.1, 0.15) is 18.5 Å². The number of carbonyl (C=O) groups excluding carboxylic acids is 1. The van der Waals surface area contributed by atoms with Crippen LogP contribution in [-0.4, -0.2) is 28.8 Å². The van der Waals surface area contributed by atoms with E-state index >= 15 is 0 Å². The average Bonchev–Trinajstić information content (AvgIpc) is 2.29. The molecule has 0 heterocycles. The van der Waals surface area contributed by atoms with Crippen molar-refractivity contribution in [3.05, 3.63) is 34.3 Å². The molecule has 0 radical (unpaired) electrons. The number of rotatable bonds is 5. The van der Waals surface area contributed by atoms with Crippen LogP contribution < -0.4 is 10.6 Å². The molecule has 4 nitrogen and oxygen atoms in total. The quantitative estimate of drug-likeness (QED) is 0.868. The number of urea groups is 1. The van der Waals surface area contributed by atoms with Crippen LogP contribution >= 0.6 is 15.9 Å². The van der Waals surface area contributed by atoms with Crippen LogP contribution in [0.2, 0.25) is 0 Å². The fourth-order valence-electron chi connectivity index (χ4n) is 1.39. The Hall–Kier alpha value is -0.880. The third kappa shape index (κ3) is 5.64. The van der Waals surface area contributed by atoms with Crippen LogP contribution in [0.4, 0.5) is 4.79 Å². The first-order chi connectivity index (χ1) is 8.49. The Morgan fingerprint density at radius 2 is 2.00 bits per heavy atom. The van der Waals surface area contributed by atoms with E-state index in [-0.39, 0.29) is 12.1 Å². The van der Waals surface area contributed by atoms with Gasteiger partial charge in [-0.25, -0.2) is 4.79 Å². The zero-order chi connectivity index (χ0) is 13.5. The second-order valence-corrected chi connectivity index (χ2v) is 6.42. The lowest BCUT2D eigenvalue weighted by Crippen LogP contribution is -2.38. The summed E-state index contributed by atoms with van der Waals surface area (Å²) in [7, 11) is -0.881. The molecule has 18 heavy (non-hydrogen) atoms. The molecular weight excluding hydrogens is 316 g/mol. The van der Waals surface area contributed by atoms with Gasteiger partial charge in [0.1, 0.15) is 0 Å². The summed E-state index contributed by atoms with van der Waals surface area (Å²) in [6.07, 6.45) is 1.62. The number of hydrogen-bond acceptors (Lipinski definition) is 2. The molecule has 1 rings (SSSR count). The monoisotopic (exact) mass is 332 g/mol. The van der Waals surface area contributed by atoms with E-state index in [1.54, 1.807) is 6.26 Å². The van der Waals surface area contributed by atoms with E-state index in [4.69, 9.17) is 0 Å². The topological polar surface area (TPSA) is 58.2 Å². The normalized spacial score (nSPS) is 13.7. The first-order valence-electron chi connectivity index (χ1n) is 5.59. The van der Waals surface area contributed by atoms with E-state index in [0.29, 0.717) is 12.3 Å². The Morgan fingerprint density at radius 1 is 1.39 bits per heavy atom. The van der Waals surface area contributed by atoms with E-state index < -0.39 is 10.8 Å². The molecular formula is C12H17BrN2O2S. The van der Waals surface area contributed by atoms with Crippen molar-refractivity contribution >= 4 is 32.8 Å². The molecule has 0 saturated carbocycles. The fourth-order valence-corrected chi connectivity index (χ4v) is 2.04. The van der Waals surface area contributed by atoms with Crippen molar-refractivity contribution < 1.29 is 9.00 Å². The first-order valence-corrected chi connectivity index (χ1v) is 8.11. The summed E-state index contributed by atoms with van der Waals surface area (Å²) in [5, 5.41) is 5.50. The van der Waals surface area contributed by atoms with Crippen LogP contribution in [0.5, 0.6) is 0 Å². The van der Waals surface area contributed by atoms with Gasteiger partial charge in [-0.05, 0) is 24.6 Å². The summed E-state index contributed by atoms with van der Waals surface area (Å²) in [5.74, 6) is 0.472. The van der Waals surface area contributed by atoms with Gasteiger partial charge in [0.2, 0.25) is 0 Å². The van der Waals surface area contributed by atoms with Crippen LogP contribution in [0.15, 0.2) is 28.7 Å². The number of carbonyl (C=O) groups is 1. The third-order valence-corrected chi connectivity index (χ3v) is 3.70. The number of halogens is 1. The van der Waals surface area contributed by atoms with Crippen molar-refractivity contribution in [2.24, 2.45) is 0 Å². The fraction of sp³-hybridized carbons (Fsp3) is 0.417. The van der Waals surface area contributed by atoms with Crippen LogP contribution in [0.25, 0.3) is 0 Å². The van der Waals surface area contributed by atoms with Crippen molar-refractivity contribution in [3.63, 3.8) is 0 Å². The largest absolute Gasteiger partial charge is 0.337 e. The van der Waals surface area contributed by atoms with Gasteiger partial charge in [-0.15, -0.1) is 0 Å². The first kappa shape index (κ1) is 15.2. The maximum atomic E-state index is 11.5. The maximum absolute atomic E-state index is 11.5. The predicted molar refractivity (Wildman–Crippen MR) is 78.0 cm³/mol. The average molecular weight is 333 g/mol. The number of amides is 2. The number of hydrogen-bond donors (Lipinski definition) is 2. The van der Waals surface area contributed by atoms with Gasteiger partial charge in [-0.1, -0.05) is 28.1 Å². The standard InChI is InChI=1S/C12H17BrN2O2S/c1-9(10-3-5-11(13)6-4-10)15-12(16)14-7-8-18(2)17/h3-6,9H,7-8H2,1-2H3,(H2,14,15,16)/t9-,18+/m0/s1. The summed E-state index contributed by atoms with van der Waals surface area (Å²) in [4.78, 5) is 11.5. The van der Waals surface area contributed by atoms with Crippen molar-refractivity contribution in [2.45, 2.75) is 13.0 Å². The Labute approximate surface area is 118 Å². The minimum absolute atomic E-state index is 0.0646. The highest BCUT2D eigenvalue weighted by molar-refractivity contribution is 9.10. The van der Waals surface area contributed by atoms with E-state index in [2.05, 4.69) is 26.6 Å². The summed E-state index contributed by atoms with van der Waals surface area (Å²) >= 11 is 3.36. The molecule has 2 amide bonds. The van der Waals surface area contributed by atoms with Gasteiger partial charge in [0.05, 0.1) is 6.04 Å². The smallest absolute Gasteiger partial charge is 0.315 e. The highest BCUT2D eigenvalue weighted by atomic mass is 79.9. The van der Waals surface area contributed by atoms with Gasteiger partial charge in [0.15, 0.2) is 0 Å². The molecule has 0 fully saturated rings. The molecule has 0 aliphatic rings. The Kier molecular flexibility index (Phi) is 6.35. The third-order valence-electron chi connectivity index (χ3n) is 2.39. The summed E-state index contributed by atoms with van der Waals surface area (Å²) in [6, 6.07) is 7.48. The van der Waals surface area contributed by atoms with Crippen LogP contribution in [0.3, 0.4) is 0 Å². The van der Waals surface area contributed by atoms with Gasteiger partial charge >= 0.3 is 6.03 Å². The van der Waals surface area contributed by atoms with Crippen molar-refractivity contribution in [1.29, 1.82) is 0 Å². The predicted octanol–water partition coefficient (Wildman–Crippen LogP) is 2.19. The van der Waals surface area contributed by atoms with E-state index in [1.165, 1.54) is 0 Å². The lowest BCUT2D eigenvalue weighted by molar-refractivity contribution is 0.238. The van der Waals surface area contributed by atoms with Crippen molar-refractivity contribution in [3.8, 4) is 0 Å². The second-order valence-electron chi connectivity index (χ2n) is 3.95. The van der Waals surface area contributed by atoms with Crippen LogP contribution in [-0.2, 0) is 10.8 Å². The summed E-state index contributed by atoms with van der Waals surface area (Å²) < 4.78 is 11.8. The maximum Gasteiger partial charge on any atom is 0.315 e. The molecule has 0 aliphatic heterocycles. The minimum atomic E-state index is -0.881. The van der Waals surface area contributed by atoms with Gasteiger partial charge in [0, 0.05) is 33.8 Å². The van der Waals surface area contributed by atoms with E-state index in [0.717, 1.165) is 10.0 Å². The van der Waals surface area contributed by atoms with Gasteiger partial charge < -0.3 is 10.6 Å². The molecule has 0 saturated heterocycles. The molecule has 2 atom stereocenters. The van der Waals surface area contributed by atoms with E-state index in [1.807, 2.05) is 31.2 Å². The Bertz CT molecular complexity index is 423. The number of benzene rings is 1. The van der Waals surface area contributed by atoms with Gasteiger partial charge in [-0.2, -0.15) is 0 Å². The van der Waals surface area contributed by atoms with Crippen molar-refractivity contribution in [2.75, 3.05) is 18.6 Å². The molecule has 1 aromatic rings. The molecule has 0 spiro atoms. The summed E-state index contributed by atoms with van der Waals surface area (Å²) in [5.41, 5.74) is 1.03. The summed E-state index contributed by atoms with van der Waals surface area (Å²) in [6.45, 7) is 2.34. The number of nitrogens with one attached hydrogen (secondary N) is 2. The molecule has 6 heteroatoms. The van der Waals surface area contributed by atoms with Crippen molar-refractivity contribution in [1.82, 2.24) is 10.6 Å². The van der Waals surface area contributed by atoms with Gasteiger partial charge in [0.25, 0.3) is 0 Å². The van der Waals surface area contributed by atoms with Crippen LogP contribution in [0, 0.1) is 0 Å². The lowest BCUT2D eigenvalue weighted by Gasteiger charge is -2.15. The Morgan fingerprint density at radius 3 is 2.56 bits per heavy atom. The zero-order valence-corrected chi connectivity index (χ0v) is 12.8.